The first-order valence-corrected chi connectivity index (χ1v) is 25.2. The second kappa shape index (κ2) is 17.9. The lowest BCUT2D eigenvalue weighted by atomic mass is 9.44. The van der Waals surface area contributed by atoms with E-state index in [1.165, 1.54) is 120 Å². The minimum Gasteiger partial charge on any atom is -0.343 e. The van der Waals surface area contributed by atoms with Crippen LogP contribution >= 0.6 is 0 Å². The molecular weight excluding hydrogens is 711 g/mol. The van der Waals surface area contributed by atoms with Crippen LogP contribution in [0.3, 0.4) is 0 Å². The maximum Gasteiger partial charge on any atom is 0.0892 e. The summed E-state index contributed by atoms with van der Waals surface area (Å²) in [6, 6.07) is 23.4. The van der Waals surface area contributed by atoms with Crippen LogP contribution in [0.25, 0.3) is 0 Å². The number of hydrogen-bond acceptors (Lipinski definition) is 0. The Labute approximate surface area is 368 Å². The van der Waals surface area contributed by atoms with Gasteiger partial charge in [0.1, 0.15) is 0 Å². The molecule has 2 aromatic rings. The standard InChI is InChI=1S/C29H49N.C29H48/c1-26(2,3)29(8,28(6,7)27(4,5)23-16-10-9-11-17-23)20-14-15-22-21-30-25-19-13-12-18-24(22)25;1-25(2,3)28(8,18-12-19-29-20-15-23(16-21-29)17-22-29)27(6,7)26(4,5)24-13-10-9-11-14-24/h9-11,16-17,22,24-25,30H,12-15,18-21H2,1-8H3;9-11,13-14,23H,12,15-22H2,1-8H3/p+1. The van der Waals surface area contributed by atoms with Crippen LogP contribution in [0, 0.1) is 55.7 Å². The molecule has 0 aromatic heterocycles. The summed E-state index contributed by atoms with van der Waals surface area (Å²) in [5, 5.41) is 2.69. The van der Waals surface area contributed by atoms with Gasteiger partial charge in [-0.3, -0.25) is 0 Å². The van der Waals surface area contributed by atoms with Crippen molar-refractivity contribution in [1.29, 1.82) is 0 Å². The maximum absolute atomic E-state index is 2.69. The zero-order valence-electron chi connectivity index (χ0n) is 42.2. The van der Waals surface area contributed by atoms with E-state index in [-0.39, 0.29) is 43.3 Å². The fraction of sp³-hybridized carbons (Fsp3) is 0.793. The Hall–Kier alpha value is -1.60. The molecule has 4 aliphatic carbocycles. The van der Waals surface area contributed by atoms with Gasteiger partial charge < -0.3 is 5.32 Å². The molecule has 2 bridgehead atoms. The van der Waals surface area contributed by atoms with Crippen LogP contribution in [0.2, 0.25) is 0 Å². The molecule has 2 aromatic carbocycles. The molecule has 0 radical (unpaired) electrons. The molecule has 0 amide bonds. The molecule has 5 atom stereocenters. The first kappa shape index (κ1) is 48.4. The van der Waals surface area contributed by atoms with Gasteiger partial charge in [-0.2, -0.15) is 0 Å². The number of benzene rings is 2. The van der Waals surface area contributed by atoms with E-state index < -0.39 is 0 Å². The number of fused-ring (bicyclic) bond motifs is 4. The summed E-state index contributed by atoms with van der Waals surface area (Å²) in [6.45, 7) is 41.6. The zero-order valence-corrected chi connectivity index (χ0v) is 42.2. The monoisotopic (exact) mass is 809 g/mol. The largest absolute Gasteiger partial charge is 0.343 e. The van der Waals surface area contributed by atoms with Crippen molar-refractivity contribution < 1.29 is 5.32 Å². The number of nitrogens with two attached hydrogens (primary N) is 1. The summed E-state index contributed by atoms with van der Waals surface area (Å²) >= 11 is 0. The Morgan fingerprint density at radius 1 is 0.525 bits per heavy atom. The highest BCUT2D eigenvalue weighted by molar-refractivity contribution is 5.29. The van der Waals surface area contributed by atoms with Gasteiger partial charge in [0.15, 0.2) is 0 Å². The van der Waals surface area contributed by atoms with E-state index in [2.05, 4.69) is 177 Å². The molecular formula is C58H98N+. The predicted octanol–water partition coefficient (Wildman–Crippen LogP) is 16.1. The molecule has 1 heterocycles. The molecule has 5 unspecified atom stereocenters. The van der Waals surface area contributed by atoms with Crippen LogP contribution in [0.5, 0.6) is 0 Å². The van der Waals surface area contributed by atoms with Gasteiger partial charge in [0.05, 0.1) is 12.6 Å². The Bertz CT molecular complexity index is 1570. The second-order valence-electron chi connectivity index (χ2n) is 26.0. The van der Waals surface area contributed by atoms with Gasteiger partial charge >= 0.3 is 0 Å². The molecule has 1 heteroatoms. The molecule has 2 N–H and O–H groups in total. The third kappa shape index (κ3) is 9.38. The van der Waals surface area contributed by atoms with Gasteiger partial charge in [0.2, 0.25) is 0 Å². The normalized spacial score (nSPS) is 27.6. The van der Waals surface area contributed by atoms with Crippen molar-refractivity contribution in [3.8, 4) is 0 Å². The lowest BCUT2D eigenvalue weighted by Crippen LogP contribution is -2.87. The van der Waals surface area contributed by atoms with Crippen LogP contribution in [0.4, 0.5) is 0 Å². The lowest BCUT2D eigenvalue weighted by molar-refractivity contribution is -0.676. The summed E-state index contributed by atoms with van der Waals surface area (Å²) in [6.07, 6.45) is 23.4. The summed E-state index contributed by atoms with van der Waals surface area (Å²) in [4.78, 5) is 0. The van der Waals surface area contributed by atoms with Gasteiger partial charge in [-0.25, -0.2) is 0 Å². The third-order valence-corrected chi connectivity index (χ3v) is 21.3. The van der Waals surface area contributed by atoms with Crippen molar-refractivity contribution in [3.63, 3.8) is 0 Å². The lowest BCUT2D eigenvalue weighted by Gasteiger charge is -2.60. The zero-order chi connectivity index (χ0) is 43.8. The van der Waals surface area contributed by atoms with Gasteiger partial charge in [-0.05, 0) is 149 Å². The van der Waals surface area contributed by atoms with E-state index in [9.17, 15) is 0 Å². The van der Waals surface area contributed by atoms with Crippen molar-refractivity contribution in [2.24, 2.45) is 55.7 Å². The molecule has 7 rings (SSSR count). The second-order valence-corrected chi connectivity index (χ2v) is 26.0. The van der Waals surface area contributed by atoms with Crippen molar-refractivity contribution in [2.75, 3.05) is 6.54 Å². The molecule has 1 saturated heterocycles. The van der Waals surface area contributed by atoms with Crippen molar-refractivity contribution in [1.82, 2.24) is 0 Å². The number of quaternary nitrogens is 1. The first-order chi connectivity index (χ1) is 27.3. The third-order valence-electron chi connectivity index (χ3n) is 21.3. The van der Waals surface area contributed by atoms with Crippen LogP contribution in [-0.2, 0) is 10.8 Å². The molecule has 1 aliphatic heterocycles. The smallest absolute Gasteiger partial charge is 0.0892 e. The Morgan fingerprint density at radius 2 is 0.949 bits per heavy atom. The minimum absolute atomic E-state index is 0.117. The predicted molar refractivity (Wildman–Crippen MR) is 259 cm³/mol. The number of rotatable bonds is 14. The maximum atomic E-state index is 2.69. The van der Waals surface area contributed by atoms with Crippen LogP contribution < -0.4 is 5.32 Å². The van der Waals surface area contributed by atoms with E-state index >= 15 is 0 Å². The quantitative estimate of drug-likeness (QED) is 0.196. The summed E-state index contributed by atoms with van der Waals surface area (Å²) in [5.74, 6) is 3.04. The fourth-order valence-corrected chi connectivity index (χ4v) is 14.2. The van der Waals surface area contributed by atoms with Gasteiger partial charge in [-0.1, -0.05) is 191 Å². The summed E-state index contributed by atoms with van der Waals surface area (Å²) in [7, 11) is 0. The molecule has 4 saturated carbocycles. The average Bonchev–Trinajstić information content (AvgIpc) is 3.61. The molecule has 0 spiro atoms. The minimum atomic E-state index is 0.117. The topological polar surface area (TPSA) is 16.6 Å². The molecule has 1 nitrogen and oxygen atoms in total. The van der Waals surface area contributed by atoms with Crippen LogP contribution in [0.15, 0.2) is 60.7 Å². The first-order valence-electron chi connectivity index (χ1n) is 25.2. The van der Waals surface area contributed by atoms with Gasteiger partial charge in [0, 0.05) is 11.8 Å². The molecule has 5 aliphatic rings. The fourth-order valence-electron chi connectivity index (χ4n) is 14.2. The Morgan fingerprint density at radius 3 is 1.39 bits per heavy atom. The van der Waals surface area contributed by atoms with E-state index in [1.807, 2.05) is 0 Å². The Kier molecular flexibility index (Phi) is 14.7. The highest BCUT2D eigenvalue weighted by Gasteiger charge is 2.57. The van der Waals surface area contributed by atoms with E-state index in [4.69, 9.17) is 0 Å². The van der Waals surface area contributed by atoms with Crippen molar-refractivity contribution >= 4 is 0 Å². The highest BCUT2D eigenvalue weighted by Crippen LogP contribution is 2.64. The molecule has 59 heavy (non-hydrogen) atoms. The van der Waals surface area contributed by atoms with Crippen molar-refractivity contribution in [3.05, 3.63) is 71.8 Å². The van der Waals surface area contributed by atoms with Gasteiger partial charge in [0.25, 0.3) is 0 Å². The summed E-state index contributed by atoms with van der Waals surface area (Å²) < 4.78 is 0. The van der Waals surface area contributed by atoms with E-state index in [1.54, 1.807) is 0 Å². The van der Waals surface area contributed by atoms with E-state index in [0.29, 0.717) is 5.41 Å². The number of hydrogen-bond donors (Lipinski definition) is 1. The molecule has 5 fully saturated rings. The van der Waals surface area contributed by atoms with Gasteiger partial charge in [-0.15, -0.1) is 0 Å². The average molecular weight is 809 g/mol. The van der Waals surface area contributed by atoms with Crippen LogP contribution in [0.1, 0.15) is 225 Å². The van der Waals surface area contributed by atoms with Crippen molar-refractivity contribution in [2.45, 2.75) is 230 Å². The Balaban J connectivity index is 0.000000224. The molecule has 334 valence electrons. The summed E-state index contributed by atoms with van der Waals surface area (Å²) in [5.41, 5.74) is 5.30. The van der Waals surface area contributed by atoms with E-state index in [0.717, 1.165) is 23.8 Å². The highest BCUT2D eigenvalue weighted by atomic mass is 15.0. The SMILES string of the molecule is CC(C)(C)C(C)(CCCC12CCC(CC1)CC2)C(C)(C)C(C)(C)c1ccccc1.CC(C)(C)C(C)(CCCC1C[NH2+]C2CCCCC12)C(C)(C)C(C)(C)c1ccccc1. The van der Waals surface area contributed by atoms with Crippen LogP contribution in [-0.4, -0.2) is 12.6 Å².